The van der Waals surface area contributed by atoms with Gasteiger partial charge in [-0.1, -0.05) is 12.1 Å². The molecule has 0 atom stereocenters. The minimum absolute atomic E-state index is 0.238. The average molecular weight is 373 g/mol. The SMILES string of the molecule is COc1ccc(CN=C2NC(=O)/C(=C\c3ccc4ncccc4n3)N2)cc1C. The summed E-state index contributed by atoms with van der Waals surface area (Å²) in [6, 6.07) is 13.3. The molecule has 7 heteroatoms. The summed E-state index contributed by atoms with van der Waals surface area (Å²) in [6.45, 7) is 2.43. The van der Waals surface area contributed by atoms with Crippen molar-refractivity contribution in [1.82, 2.24) is 20.6 Å². The van der Waals surface area contributed by atoms with Crippen LogP contribution in [0.15, 0.2) is 59.4 Å². The highest BCUT2D eigenvalue weighted by Crippen LogP contribution is 2.19. The van der Waals surface area contributed by atoms with E-state index >= 15 is 0 Å². The summed E-state index contributed by atoms with van der Waals surface area (Å²) >= 11 is 0. The fourth-order valence-corrected chi connectivity index (χ4v) is 2.98. The molecule has 0 aliphatic carbocycles. The minimum atomic E-state index is -0.238. The van der Waals surface area contributed by atoms with Gasteiger partial charge in [0.2, 0.25) is 5.96 Å². The van der Waals surface area contributed by atoms with Crippen LogP contribution >= 0.6 is 0 Å². The average Bonchev–Trinajstić information content (AvgIpc) is 3.05. The summed E-state index contributed by atoms with van der Waals surface area (Å²) in [5.74, 6) is 1.02. The number of pyridine rings is 2. The Kier molecular flexibility index (Phi) is 4.72. The summed E-state index contributed by atoms with van der Waals surface area (Å²) in [7, 11) is 1.65. The van der Waals surface area contributed by atoms with Gasteiger partial charge < -0.3 is 10.1 Å². The summed E-state index contributed by atoms with van der Waals surface area (Å²) in [4.78, 5) is 25.4. The molecule has 2 aromatic heterocycles. The number of aryl methyl sites for hydroxylation is 1. The molecule has 1 aliphatic heterocycles. The number of rotatable bonds is 4. The molecule has 0 spiro atoms. The number of methoxy groups -OCH3 is 1. The van der Waals surface area contributed by atoms with Crippen LogP contribution in [0.4, 0.5) is 0 Å². The van der Waals surface area contributed by atoms with E-state index in [1.165, 1.54) is 0 Å². The van der Waals surface area contributed by atoms with Crippen LogP contribution in [-0.4, -0.2) is 28.9 Å². The highest BCUT2D eigenvalue weighted by molar-refractivity contribution is 6.15. The maximum absolute atomic E-state index is 12.2. The van der Waals surface area contributed by atoms with Crippen molar-refractivity contribution in [3.05, 3.63) is 71.2 Å². The number of hydrogen-bond acceptors (Lipinski definition) is 5. The largest absolute Gasteiger partial charge is 0.496 e. The molecule has 0 bridgehead atoms. The standard InChI is InChI=1S/C21H19N5O2/c1-13-10-14(5-8-19(13)28-2)12-23-21-25-18(20(27)26-21)11-15-6-7-16-17(24-15)4-3-9-22-16/h3-11H,12H2,1-2H3,(H2,23,25,26,27)/b18-11+. The Morgan fingerprint density at radius 3 is 2.86 bits per heavy atom. The normalized spacial score (nSPS) is 16.4. The van der Waals surface area contributed by atoms with Crippen LogP contribution in [0, 0.1) is 6.92 Å². The van der Waals surface area contributed by atoms with E-state index in [1.54, 1.807) is 19.4 Å². The van der Waals surface area contributed by atoms with E-state index in [0.29, 0.717) is 23.9 Å². The second-order valence-corrected chi connectivity index (χ2v) is 6.38. The predicted octanol–water partition coefficient (Wildman–Crippen LogP) is 2.56. The number of nitrogens with zero attached hydrogens (tertiary/aromatic N) is 3. The van der Waals surface area contributed by atoms with Gasteiger partial charge in [0.25, 0.3) is 5.91 Å². The van der Waals surface area contributed by atoms with Gasteiger partial charge in [-0.15, -0.1) is 0 Å². The number of amides is 1. The van der Waals surface area contributed by atoms with E-state index in [1.807, 2.05) is 49.4 Å². The first-order valence-corrected chi connectivity index (χ1v) is 8.82. The maximum atomic E-state index is 12.2. The van der Waals surface area contributed by atoms with Gasteiger partial charge in [0, 0.05) is 6.20 Å². The molecule has 3 heterocycles. The Morgan fingerprint density at radius 2 is 2.04 bits per heavy atom. The zero-order valence-corrected chi connectivity index (χ0v) is 15.6. The third-order valence-corrected chi connectivity index (χ3v) is 4.38. The highest BCUT2D eigenvalue weighted by atomic mass is 16.5. The van der Waals surface area contributed by atoms with E-state index in [9.17, 15) is 4.79 Å². The van der Waals surface area contributed by atoms with Crippen LogP contribution in [0.3, 0.4) is 0 Å². The molecule has 140 valence electrons. The molecule has 1 amide bonds. The molecule has 1 aromatic carbocycles. The van der Waals surface area contributed by atoms with Crippen LogP contribution in [0.2, 0.25) is 0 Å². The van der Waals surface area contributed by atoms with E-state index in [2.05, 4.69) is 25.6 Å². The number of guanidine groups is 1. The smallest absolute Gasteiger partial charge is 0.274 e. The van der Waals surface area contributed by atoms with Crippen molar-refractivity contribution in [2.75, 3.05) is 7.11 Å². The quantitative estimate of drug-likeness (QED) is 0.686. The fraction of sp³-hybridized carbons (Fsp3) is 0.143. The third-order valence-electron chi connectivity index (χ3n) is 4.38. The maximum Gasteiger partial charge on any atom is 0.274 e. The molecule has 28 heavy (non-hydrogen) atoms. The Hall–Kier alpha value is -3.74. The van der Waals surface area contributed by atoms with Gasteiger partial charge >= 0.3 is 0 Å². The number of carbonyl (C=O) groups is 1. The highest BCUT2D eigenvalue weighted by Gasteiger charge is 2.21. The summed E-state index contributed by atoms with van der Waals surface area (Å²) < 4.78 is 5.27. The number of hydrogen-bond donors (Lipinski definition) is 2. The molecule has 4 rings (SSSR count). The molecule has 0 saturated carbocycles. The van der Waals surface area contributed by atoms with Crippen molar-refractivity contribution >= 4 is 29.0 Å². The van der Waals surface area contributed by atoms with Crippen molar-refractivity contribution in [3.8, 4) is 5.75 Å². The second kappa shape index (κ2) is 7.48. The van der Waals surface area contributed by atoms with Crippen LogP contribution < -0.4 is 15.4 Å². The van der Waals surface area contributed by atoms with Crippen molar-refractivity contribution in [2.24, 2.45) is 4.99 Å². The van der Waals surface area contributed by atoms with Gasteiger partial charge in [0.15, 0.2) is 0 Å². The molecule has 7 nitrogen and oxygen atoms in total. The zero-order valence-electron chi connectivity index (χ0n) is 15.6. The Bertz CT molecular complexity index is 1120. The lowest BCUT2D eigenvalue weighted by Gasteiger charge is -2.06. The predicted molar refractivity (Wildman–Crippen MR) is 108 cm³/mol. The lowest BCUT2D eigenvalue weighted by molar-refractivity contribution is -0.115. The van der Waals surface area contributed by atoms with Crippen LogP contribution in [0.25, 0.3) is 17.1 Å². The van der Waals surface area contributed by atoms with Crippen LogP contribution in [-0.2, 0) is 11.3 Å². The first-order chi connectivity index (χ1) is 13.6. The van der Waals surface area contributed by atoms with Crippen molar-refractivity contribution in [3.63, 3.8) is 0 Å². The van der Waals surface area contributed by atoms with Gasteiger partial charge in [-0.2, -0.15) is 0 Å². The topological polar surface area (TPSA) is 88.5 Å². The summed E-state index contributed by atoms with van der Waals surface area (Å²) in [5, 5.41) is 5.75. The van der Waals surface area contributed by atoms with E-state index < -0.39 is 0 Å². The number of ether oxygens (including phenoxy) is 1. The van der Waals surface area contributed by atoms with Gasteiger partial charge in [0.05, 0.1) is 30.4 Å². The Morgan fingerprint density at radius 1 is 1.14 bits per heavy atom. The molecular weight excluding hydrogens is 354 g/mol. The summed E-state index contributed by atoms with van der Waals surface area (Å²) in [6.07, 6.45) is 3.42. The van der Waals surface area contributed by atoms with Gasteiger partial charge in [-0.3, -0.25) is 15.1 Å². The molecular formula is C21H19N5O2. The molecule has 0 unspecified atom stereocenters. The Balaban J connectivity index is 1.50. The number of aromatic nitrogens is 2. The third kappa shape index (κ3) is 3.68. The second-order valence-electron chi connectivity index (χ2n) is 6.38. The minimum Gasteiger partial charge on any atom is -0.496 e. The molecule has 1 fully saturated rings. The number of benzene rings is 1. The number of aliphatic imine (C=N–C) groups is 1. The molecule has 2 N–H and O–H groups in total. The van der Waals surface area contributed by atoms with Crippen molar-refractivity contribution < 1.29 is 9.53 Å². The fourth-order valence-electron chi connectivity index (χ4n) is 2.98. The number of fused-ring (bicyclic) bond motifs is 1. The summed E-state index contributed by atoms with van der Waals surface area (Å²) in [5.41, 5.74) is 4.74. The lowest BCUT2D eigenvalue weighted by Crippen LogP contribution is -2.25. The molecule has 0 radical (unpaired) electrons. The van der Waals surface area contributed by atoms with Gasteiger partial charge in [0.1, 0.15) is 11.4 Å². The van der Waals surface area contributed by atoms with E-state index in [4.69, 9.17) is 4.74 Å². The van der Waals surface area contributed by atoms with E-state index in [0.717, 1.165) is 27.9 Å². The molecule has 1 aliphatic rings. The van der Waals surface area contributed by atoms with Crippen LogP contribution in [0.5, 0.6) is 5.75 Å². The zero-order chi connectivity index (χ0) is 19.5. The van der Waals surface area contributed by atoms with E-state index in [-0.39, 0.29) is 5.91 Å². The molecule has 3 aromatic rings. The Labute approximate surface area is 162 Å². The first kappa shape index (κ1) is 17.7. The monoisotopic (exact) mass is 373 g/mol. The van der Waals surface area contributed by atoms with Crippen LogP contribution in [0.1, 0.15) is 16.8 Å². The lowest BCUT2D eigenvalue weighted by atomic mass is 10.1. The number of nitrogens with one attached hydrogen (secondary N) is 2. The van der Waals surface area contributed by atoms with Crippen molar-refractivity contribution in [2.45, 2.75) is 13.5 Å². The van der Waals surface area contributed by atoms with Crippen molar-refractivity contribution in [1.29, 1.82) is 0 Å². The number of carbonyl (C=O) groups excluding carboxylic acids is 1. The van der Waals surface area contributed by atoms with Gasteiger partial charge in [-0.25, -0.2) is 9.98 Å². The van der Waals surface area contributed by atoms with Gasteiger partial charge in [-0.05, 0) is 54.5 Å². The first-order valence-electron chi connectivity index (χ1n) is 8.82. The molecule has 1 saturated heterocycles.